The van der Waals surface area contributed by atoms with Crippen LogP contribution >= 0.6 is 0 Å². The molecule has 4 heteroatoms. The van der Waals surface area contributed by atoms with E-state index in [0.29, 0.717) is 0 Å². The second-order valence-electron chi connectivity index (χ2n) is 7.93. The molecule has 3 aromatic rings. The number of fused-ring (bicyclic) bond motifs is 2. The van der Waals surface area contributed by atoms with Gasteiger partial charge in [-0.2, -0.15) is 0 Å². The molecule has 0 saturated carbocycles. The van der Waals surface area contributed by atoms with Crippen LogP contribution in [0.25, 0.3) is 11.1 Å². The first kappa shape index (κ1) is 17.9. The lowest BCUT2D eigenvalue weighted by molar-refractivity contribution is 0.0359. The zero-order valence-corrected chi connectivity index (χ0v) is 16.3. The smallest absolute Gasteiger partial charge is 0.254 e. The molecule has 0 spiro atoms. The lowest BCUT2D eigenvalue weighted by Gasteiger charge is -2.39. The van der Waals surface area contributed by atoms with Gasteiger partial charge >= 0.3 is 0 Å². The minimum absolute atomic E-state index is 0.152. The topological polar surface area (TPSA) is 42.4 Å². The fourth-order valence-electron chi connectivity index (χ4n) is 4.75. The van der Waals surface area contributed by atoms with Crippen molar-refractivity contribution in [3.8, 4) is 16.9 Å². The van der Waals surface area contributed by atoms with Crippen LogP contribution < -0.4 is 4.74 Å². The molecule has 2 bridgehead atoms. The Labute approximate surface area is 171 Å². The molecule has 3 heterocycles. The number of rotatable bonds is 4. The van der Waals surface area contributed by atoms with Crippen LogP contribution in [0.1, 0.15) is 36.0 Å². The fraction of sp³-hybridized carbons (Fsp3) is 0.280. The molecule has 1 aromatic heterocycles. The van der Waals surface area contributed by atoms with Crippen molar-refractivity contribution in [1.29, 1.82) is 0 Å². The molecule has 2 aromatic carbocycles. The molecule has 2 aliphatic rings. The zero-order chi connectivity index (χ0) is 19.6. The summed E-state index contributed by atoms with van der Waals surface area (Å²) < 4.78 is 6.16. The summed E-state index contributed by atoms with van der Waals surface area (Å²) in [5.41, 5.74) is 3.07. The summed E-state index contributed by atoms with van der Waals surface area (Å²) in [4.78, 5) is 19.4. The molecule has 29 heavy (non-hydrogen) atoms. The molecule has 0 radical (unpaired) electrons. The van der Waals surface area contributed by atoms with E-state index in [1.54, 1.807) is 12.4 Å². The summed E-state index contributed by atoms with van der Waals surface area (Å²) >= 11 is 0. The fourth-order valence-corrected chi connectivity index (χ4v) is 4.75. The number of aromatic nitrogens is 1. The first-order valence-corrected chi connectivity index (χ1v) is 10.3. The summed E-state index contributed by atoms with van der Waals surface area (Å²) in [7, 11) is 0. The minimum atomic E-state index is 0.152. The molecule has 5 rings (SSSR count). The molecule has 1 amide bonds. The van der Waals surface area contributed by atoms with Crippen LogP contribution in [0, 0.1) is 0 Å². The van der Waals surface area contributed by atoms with Gasteiger partial charge in [-0.15, -0.1) is 0 Å². The van der Waals surface area contributed by atoms with E-state index < -0.39 is 0 Å². The van der Waals surface area contributed by atoms with Crippen LogP contribution in [0.15, 0.2) is 79.1 Å². The van der Waals surface area contributed by atoms with Crippen LogP contribution in [-0.2, 0) is 0 Å². The number of ether oxygens (including phenoxy) is 1. The van der Waals surface area contributed by atoms with Gasteiger partial charge in [0.25, 0.3) is 5.91 Å². The van der Waals surface area contributed by atoms with Gasteiger partial charge < -0.3 is 9.64 Å². The first-order valence-electron chi connectivity index (χ1n) is 10.3. The van der Waals surface area contributed by atoms with E-state index in [1.165, 1.54) is 5.56 Å². The number of pyridine rings is 1. The second kappa shape index (κ2) is 7.70. The molecule has 2 aliphatic heterocycles. The van der Waals surface area contributed by atoms with E-state index in [0.717, 1.165) is 42.6 Å². The van der Waals surface area contributed by atoms with E-state index in [9.17, 15) is 4.79 Å². The Kier molecular flexibility index (Phi) is 4.76. The Bertz CT molecular complexity index is 959. The average molecular weight is 384 g/mol. The maximum Gasteiger partial charge on any atom is 0.254 e. The Balaban J connectivity index is 1.29. The quantitative estimate of drug-likeness (QED) is 0.638. The number of benzene rings is 2. The van der Waals surface area contributed by atoms with Crippen molar-refractivity contribution < 1.29 is 9.53 Å². The van der Waals surface area contributed by atoms with E-state index >= 15 is 0 Å². The van der Waals surface area contributed by atoms with Gasteiger partial charge in [0.05, 0.1) is 0 Å². The van der Waals surface area contributed by atoms with E-state index in [4.69, 9.17) is 4.74 Å². The third kappa shape index (κ3) is 3.63. The van der Waals surface area contributed by atoms with E-state index in [-0.39, 0.29) is 24.1 Å². The normalized spacial score (nSPS) is 23.0. The van der Waals surface area contributed by atoms with E-state index in [2.05, 4.69) is 22.0 Å². The maximum absolute atomic E-state index is 13.3. The van der Waals surface area contributed by atoms with Crippen LogP contribution in [0.5, 0.6) is 5.75 Å². The number of hydrogen-bond acceptors (Lipinski definition) is 3. The van der Waals surface area contributed by atoms with Crippen molar-refractivity contribution in [3.05, 3.63) is 84.7 Å². The first-order chi connectivity index (χ1) is 14.3. The molecule has 0 aliphatic carbocycles. The molecule has 0 N–H and O–H groups in total. The highest BCUT2D eigenvalue weighted by Crippen LogP contribution is 2.38. The highest BCUT2D eigenvalue weighted by Gasteiger charge is 2.44. The average Bonchev–Trinajstić information content (AvgIpc) is 3.05. The Morgan fingerprint density at radius 1 is 0.828 bits per heavy atom. The number of nitrogens with zero attached hydrogens (tertiary/aromatic N) is 2. The van der Waals surface area contributed by atoms with Gasteiger partial charge in [0.2, 0.25) is 0 Å². The van der Waals surface area contributed by atoms with Crippen LogP contribution in [0.3, 0.4) is 0 Å². The lowest BCUT2D eigenvalue weighted by atomic mass is 9.97. The predicted molar refractivity (Wildman–Crippen MR) is 113 cm³/mol. The van der Waals surface area contributed by atoms with Gasteiger partial charge in [-0.1, -0.05) is 42.5 Å². The summed E-state index contributed by atoms with van der Waals surface area (Å²) in [5, 5.41) is 0. The third-order valence-electron chi connectivity index (χ3n) is 6.12. The number of hydrogen-bond donors (Lipinski definition) is 0. The highest BCUT2D eigenvalue weighted by atomic mass is 16.5. The monoisotopic (exact) mass is 384 g/mol. The lowest BCUT2D eigenvalue weighted by Crippen LogP contribution is -2.49. The van der Waals surface area contributed by atoms with Gasteiger partial charge in [-0.3, -0.25) is 9.78 Å². The Morgan fingerprint density at radius 2 is 1.45 bits per heavy atom. The van der Waals surface area contributed by atoms with Gasteiger partial charge in [0.15, 0.2) is 0 Å². The molecule has 2 fully saturated rings. The van der Waals surface area contributed by atoms with Gasteiger partial charge in [-0.05, 0) is 48.2 Å². The number of piperidine rings is 1. The van der Waals surface area contributed by atoms with Crippen LogP contribution in [0.2, 0.25) is 0 Å². The van der Waals surface area contributed by atoms with E-state index in [1.807, 2.05) is 54.6 Å². The molecule has 146 valence electrons. The van der Waals surface area contributed by atoms with Crippen molar-refractivity contribution in [1.82, 2.24) is 9.88 Å². The third-order valence-corrected chi connectivity index (χ3v) is 6.12. The molecule has 2 saturated heterocycles. The van der Waals surface area contributed by atoms with Crippen LogP contribution in [-0.4, -0.2) is 34.0 Å². The molecular formula is C25H24N2O2. The van der Waals surface area contributed by atoms with Crippen molar-refractivity contribution in [2.24, 2.45) is 0 Å². The summed E-state index contributed by atoms with van der Waals surface area (Å²) in [6.07, 6.45) is 7.59. The van der Waals surface area contributed by atoms with Crippen molar-refractivity contribution >= 4 is 5.91 Å². The summed E-state index contributed by atoms with van der Waals surface area (Å²) in [6, 6.07) is 22.6. The summed E-state index contributed by atoms with van der Waals surface area (Å²) in [5.74, 6) is 1.01. The Morgan fingerprint density at radius 3 is 2.10 bits per heavy atom. The standard InChI is InChI=1S/C25H24N2O2/c28-25(20-8-6-19(7-9-20)18-4-2-1-3-5-18)27-21-10-11-22(27)17-24(16-21)29-23-12-14-26-15-13-23/h1-9,12-15,21-22,24H,10-11,16-17H2/t21-,22-/m0/s1. The molecule has 2 atom stereocenters. The molecule has 4 nitrogen and oxygen atoms in total. The minimum Gasteiger partial charge on any atom is -0.490 e. The molecular weight excluding hydrogens is 360 g/mol. The summed E-state index contributed by atoms with van der Waals surface area (Å²) in [6.45, 7) is 0. The van der Waals surface area contributed by atoms with Crippen molar-refractivity contribution in [3.63, 3.8) is 0 Å². The second-order valence-corrected chi connectivity index (χ2v) is 7.93. The number of amides is 1. The van der Waals surface area contributed by atoms with Gasteiger partial charge in [0, 0.05) is 42.9 Å². The number of carbonyl (C=O) groups is 1. The zero-order valence-electron chi connectivity index (χ0n) is 16.3. The Hall–Kier alpha value is -3.14. The van der Waals surface area contributed by atoms with Crippen molar-refractivity contribution in [2.45, 2.75) is 43.9 Å². The SMILES string of the molecule is O=C(c1ccc(-c2ccccc2)cc1)N1[C@H]2CC[C@H]1CC(Oc1ccncc1)C2. The number of carbonyl (C=O) groups excluding carboxylic acids is 1. The largest absolute Gasteiger partial charge is 0.490 e. The predicted octanol–water partition coefficient (Wildman–Crippen LogP) is 4.96. The van der Waals surface area contributed by atoms with Gasteiger partial charge in [0.1, 0.15) is 11.9 Å². The van der Waals surface area contributed by atoms with Gasteiger partial charge in [-0.25, -0.2) is 0 Å². The molecule has 0 unspecified atom stereocenters. The van der Waals surface area contributed by atoms with Crippen molar-refractivity contribution in [2.75, 3.05) is 0 Å². The maximum atomic E-state index is 13.3. The van der Waals surface area contributed by atoms with Crippen LogP contribution in [0.4, 0.5) is 0 Å². The highest BCUT2D eigenvalue weighted by molar-refractivity contribution is 5.95.